The van der Waals surface area contributed by atoms with Crippen LogP contribution in [0.3, 0.4) is 0 Å². The summed E-state index contributed by atoms with van der Waals surface area (Å²) in [5.41, 5.74) is 5.71. The van der Waals surface area contributed by atoms with Gasteiger partial charge in [-0.3, -0.25) is 9.59 Å². The molecule has 0 aromatic carbocycles. The van der Waals surface area contributed by atoms with Gasteiger partial charge in [0.1, 0.15) is 0 Å². The molecule has 0 radical (unpaired) electrons. The molecule has 1 heterocycles. The molecule has 3 N–H and O–H groups in total. The number of hydrogen-bond donors (Lipinski definition) is 2. The molecule has 19 heavy (non-hydrogen) atoms. The van der Waals surface area contributed by atoms with Gasteiger partial charge in [0, 0.05) is 13.1 Å². The Morgan fingerprint density at radius 1 is 1.32 bits per heavy atom. The highest BCUT2D eigenvalue weighted by atomic mass is 16.5. The number of nitrogens with one attached hydrogen (secondary N) is 1. The fourth-order valence-corrected chi connectivity index (χ4v) is 2.08. The number of carbonyl (C=O) groups is 2. The second kappa shape index (κ2) is 6.86. The van der Waals surface area contributed by atoms with Gasteiger partial charge in [-0.25, -0.2) is 0 Å². The van der Waals surface area contributed by atoms with E-state index in [2.05, 4.69) is 5.32 Å². The van der Waals surface area contributed by atoms with E-state index in [0.29, 0.717) is 13.1 Å². The Balaban J connectivity index is 2.41. The van der Waals surface area contributed by atoms with E-state index >= 15 is 0 Å². The van der Waals surface area contributed by atoms with Gasteiger partial charge in [-0.05, 0) is 19.8 Å². The van der Waals surface area contributed by atoms with Crippen LogP contribution in [0.25, 0.3) is 0 Å². The zero-order valence-electron chi connectivity index (χ0n) is 12.2. The minimum Gasteiger partial charge on any atom is -0.372 e. The van der Waals surface area contributed by atoms with Gasteiger partial charge in [-0.1, -0.05) is 13.8 Å². The van der Waals surface area contributed by atoms with Gasteiger partial charge in [0.25, 0.3) is 0 Å². The molecule has 1 aliphatic heterocycles. The van der Waals surface area contributed by atoms with Crippen LogP contribution in [0, 0.1) is 5.92 Å². The fraction of sp³-hybridized carbons (Fsp3) is 0.846. The molecule has 0 bridgehead atoms. The van der Waals surface area contributed by atoms with Crippen molar-refractivity contribution >= 4 is 11.8 Å². The summed E-state index contributed by atoms with van der Waals surface area (Å²) in [5.74, 6) is -0.317. The number of nitrogens with two attached hydrogens (primary N) is 1. The minimum absolute atomic E-state index is 0.00130. The lowest BCUT2D eigenvalue weighted by Gasteiger charge is -2.35. The lowest BCUT2D eigenvalue weighted by atomic mass is 10.1. The van der Waals surface area contributed by atoms with Crippen molar-refractivity contribution in [3.63, 3.8) is 0 Å². The van der Waals surface area contributed by atoms with Gasteiger partial charge < -0.3 is 20.7 Å². The van der Waals surface area contributed by atoms with Gasteiger partial charge in [-0.2, -0.15) is 0 Å². The summed E-state index contributed by atoms with van der Waals surface area (Å²) in [4.78, 5) is 25.4. The Hall–Kier alpha value is -1.14. The second-order valence-electron chi connectivity index (χ2n) is 5.54. The molecule has 0 aliphatic carbocycles. The zero-order valence-corrected chi connectivity index (χ0v) is 12.2. The summed E-state index contributed by atoms with van der Waals surface area (Å²) < 4.78 is 5.56. The van der Waals surface area contributed by atoms with Crippen molar-refractivity contribution in [2.24, 2.45) is 11.7 Å². The zero-order chi connectivity index (χ0) is 14.6. The number of amides is 2. The summed E-state index contributed by atoms with van der Waals surface area (Å²) in [7, 11) is 0. The minimum atomic E-state index is -0.574. The third-order valence-electron chi connectivity index (χ3n) is 3.21. The van der Waals surface area contributed by atoms with E-state index in [0.717, 1.165) is 0 Å². The SMILES string of the molecule is CC1CN(C(=O)CNC(=O)[C@@H](N)C(C)C)CC(C)O1. The van der Waals surface area contributed by atoms with E-state index in [4.69, 9.17) is 10.5 Å². The van der Waals surface area contributed by atoms with E-state index in [1.54, 1.807) is 4.90 Å². The van der Waals surface area contributed by atoms with Crippen molar-refractivity contribution < 1.29 is 14.3 Å². The highest BCUT2D eigenvalue weighted by Crippen LogP contribution is 2.10. The highest BCUT2D eigenvalue weighted by Gasteiger charge is 2.26. The maximum Gasteiger partial charge on any atom is 0.242 e. The Bertz CT molecular complexity index is 323. The second-order valence-corrected chi connectivity index (χ2v) is 5.54. The molecule has 0 aromatic heterocycles. The van der Waals surface area contributed by atoms with Crippen molar-refractivity contribution in [2.75, 3.05) is 19.6 Å². The van der Waals surface area contributed by atoms with Crippen LogP contribution in [0.2, 0.25) is 0 Å². The first-order chi connectivity index (χ1) is 8.81. The Kier molecular flexibility index (Phi) is 5.75. The maximum absolute atomic E-state index is 12.0. The quantitative estimate of drug-likeness (QED) is 0.736. The molecule has 6 nitrogen and oxygen atoms in total. The predicted octanol–water partition coefficient (Wildman–Crippen LogP) is -0.278. The lowest BCUT2D eigenvalue weighted by Crippen LogP contribution is -2.52. The molecule has 0 saturated carbocycles. The van der Waals surface area contributed by atoms with E-state index in [1.165, 1.54) is 0 Å². The summed E-state index contributed by atoms with van der Waals surface area (Å²) in [6, 6.07) is -0.574. The van der Waals surface area contributed by atoms with Gasteiger partial charge in [0.05, 0.1) is 24.8 Å². The first kappa shape index (κ1) is 15.9. The first-order valence-electron chi connectivity index (χ1n) is 6.77. The largest absolute Gasteiger partial charge is 0.372 e. The number of carbonyl (C=O) groups excluding carboxylic acids is 2. The van der Waals surface area contributed by atoms with Crippen LogP contribution in [0.5, 0.6) is 0 Å². The molecule has 0 spiro atoms. The average Bonchev–Trinajstić information content (AvgIpc) is 2.33. The summed E-state index contributed by atoms with van der Waals surface area (Å²) in [6.45, 7) is 8.74. The van der Waals surface area contributed by atoms with Crippen LogP contribution in [0.1, 0.15) is 27.7 Å². The van der Waals surface area contributed by atoms with Gasteiger partial charge in [0.2, 0.25) is 11.8 Å². The van der Waals surface area contributed by atoms with E-state index in [1.807, 2.05) is 27.7 Å². The lowest BCUT2D eigenvalue weighted by molar-refractivity contribution is -0.143. The van der Waals surface area contributed by atoms with Crippen LogP contribution in [0.4, 0.5) is 0 Å². The molecule has 1 fully saturated rings. The van der Waals surface area contributed by atoms with Crippen LogP contribution < -0.4 is 11.1 Å². The van der Waals surface area contributed by atoms with Crippen LogP contribution in [-0.2, 0) is 14.3 Å². The normalized spacial score (nSPS) is 25.3. The van der Waals surface area contributed by atoms with Gasteiger partial charge in [0.15, 0.2) is 0 Å². The van der Waals surface area contributed by atoms with Crippen LogP contribution >= 0.6 is 0 Å². The Morgan fingerprint density at radius 3 is 2.32 bits per heavy atom. The third kappa shape index (κ3) is 4.80. The van der Waals surface area contributed by atoms with Crippen molar-refractivity contribution in [3.05, 3.63) is 0 Å². The van der Waals surface area contributed by atoms with Crippen molar-refractivity contribution in [1.82, 2.24) is 10.2 Å². The Morgan fingerprint density at radius 2 is 1.84 bits per heavy atom. The van der Waals surface area contributed by atoms with Gasteiger partial charge in [-0.15, -0.1) is 0 Å². The molecule has 2 amide bonds. The van der Waals surface area contributed by atoms with Crippen LogP contribution in [-0.4, -0.2) is 54.6 Å². The molecule has 3 atom stereocenters. The molecule has 1 aliphatic rings. The van der Waals surface area contributed by atoms with E-state index in [9.17, 15) is 9.59 Å². The smallest absolute Gasteiger partial charge is 0.242 e. The fourth-order valence-electron chi connectivity index (χ4n) is 2.08. The van der Waals surface area contributed by atoms with Crippen molar-refractivity contribution in [2.45, 2.75) is 45.9 Å². The maximum atomic E-state index is 12.0. The molecule has 1 saturated heterocycles. The molecule has 0 aromatic rings. The van der Waals surface area contributed by atoms with E-state index < -0.39 is 6.04 Å². The van der Waals surface area contributed by atoms with Gasteiger partial charge >= 0.3 is 0 Å². The Labute approximate surface area is 114 Å². The number of nitrogens with zero attached hydrogens (tertiary/aromatic N) is 1. The van der Waals surface area contributed by atoms with E-state index in [-0.39, 0.29) is 36.5 Å². The average molecular weight is 271 g/mol. The number of ether oxygens (including phenoxy) is 1. The number of hydrogen-bond acceptors (Lipinski definition) is 4. The third-order valence-corrected chi connectivity index (χ3v) is 3.21. The molecular formula is C13H25N3O3. The summed E-state index contributed by atoms with van der Waals surface area (Å²) >= 11 is 0. The molecule has 110 valence electrons. The molecule has 6 heteroatoms. The summed E-state index contributed by atoms with van der Waals surface area (Å²) in [5, 5.41) is 2.59. The predicted molar refractivity (Wildman–Crippen MR) is 72.4 cm³/mol. The molecular weight excluding hydrogens is 246 g/mol. The first-order valence-corrected chi connectivity index (χ1v) is 6.77. The number of rotatable bonds is 4. The molecule has 2 unspecified atom stereocenters. The van der Waals surface area contributed by atoms with Crippen molar-refractivity contribution in [3.8, 4) is 0 Å². The summed E-state index contributed by atoms with van der Waals surface area (Å²) in [6.07, 6.45) is 0.0580. The number of morpholine rings is 1. The topological polar surface area (TPSA) is 84.7 Å². The van der Waals surface area contributed by atoms with Crippen LogP contribution in [0.15, 0.2) is 0 Å². The highest BCUT2D eigenvalue weighted by molar-refractivity contribution is 5.87. The van der Waals surface area contributed by atoms with Crippen molar-refractivity contribution in [1.29, 1.82) is 0 Å². The standard InChI is InChI=1S/C13H25N3O3/c1-8(2)12(14)13(18)15-5-11(17)16-6-9(3)19-10(4)7-16/h8-10,12H,5-7,14H2,1-4H3,(H,15,18)/t9?,10?,12-/m0/s1. The monoisotopic (exact) mass is 271 g/mol. The molecule has 1 rings (SSSR count).